The molecule has 1 aliphatic rings. The van der Waals surface area contributed by atoms with E-state index in [4.69, 9.17) is 9.72 Å². The molecule has 1 heterocycles. The van der Waals surface area contributed by atoms with Gasteiger partial charge in [0.1, 0.15) is 0 Å². The van der Waals surface area contributed by atoms with Gasteiger partial charge in [0, 0.05) is 30.9 Å². The SMILES string of the molecule is CNCC1CCCc2sc(CC(C)OC)nc21. The third-order valence-corrected chi connectivity index (χ3v) is 4.58. The van der Waals surface area contributed by atoms with Gasteiger partial charge in [0.25, 0.3) is 0 Å². The summed E-state index contributed by atoms with van der Waals surface area (Å²) < 4.78 is 5.31. The van der Waals surface area contributed by atoms with Crippen LogP contribution >= 0.6 is 11.3 Å². The minimum absolute atomic E-state index is 0.269. The van der Waals surface area contributed by atoms with Crippen LogP contribution in [0.3, 0.4) is 0 Å². The minimum atomic E-state index is 0.269. The minimum Gasteiger partial charge on any atom is -0.381 e. The van der Waals surface area contributed by atoms with Gasteiger partial charge >= 0.3 is 0 Å². The maximum absolute atomic E-state index is 5.31. The molecule has 17 heavy (non-hydrogen) atoms. The largest absolute Gasteiger partial charge is 0.381 e. The Hall–Kier alpha value is -0.450. The third kappa shape index (κ3) is 3.06. The lowest BCUT2D eigenvalue weighted by Crippen LogP contribution is -2.21. The van der Waals surface area contributed by atoms with Crippen molar-refractivity contribution in [3.05, 3.63) is 15.6 Å². The number of rotatable bonds is 5. The van der Waals surface area contributed by atoms with E-state index in [2.05, 4.69) is 12.2 Å². The first-order chi connectivity index (χ1) is 8.24. The number of nitrogens with one attached hydrogen (secondary N) is 1. The highest BCUT2D eigenvalue weighted by atomic mass is 32.1. The average molecular weight is 254 g/mol. The van der Waals surface area contributed by atoms with Crippen molar-refractivity contribution in [1.29, 1.82) is 0 Å². The number of aromatic nitrogens is 1. The topological polar surface area (TPSA) is 34.1 Å². The van der Waals surface area contributed by atoms with Crippen LogP contribution in [0.2, 0.25) is 0 Å². The van der Waals surface area contributed by atoms with Crippen molar-refractivity contribution >= 4 is 11.3 Å². The Balaban J connectivity index is 2.12. The molecule has 3 nitrogen and oxygen atoms in total. The molecule has 0 radical (unpaired) electrons. The van der Waals surface area contributed by atoms with Crippen molar-refractivity contribution in [3.8, 4) is 0 Å². The molecule has 96 valence electrons. The first-order valence-corrected chi connectivity index (χ1v) is 7.22. The number of fused-ring (bicyclic) bond motifs is 1. The van der Waals surface area contributed by atoms with Gasteiger partial charge in [0.05, 0.1) is 16.8 Å². The molecule has 0 spiro atoms. The number of hydrogen-bond donors (Lipinski definition) is 1. The van der Waals surface area contributed by atoms with Crippen molar-refractivity contribution in [3.63, 3.8) is 0 Å². The molecule has 1 aromatic heterocycles. The van der Waals surface area contributed by atoms with Crippen LogP contribution < -0.4 is 5.32 Å². The quantitative estimate of drug-likeness (QED) is 0.876. The average Bonchev–Trinajstić information content (AvgIpc) is 2.72. The van der Waals surface area contributed by atoms with Gasteiger partial charge in [-0.05, 0) is 33.2 Å². The highest BCUT2D eigenvalue weighted by Gasteiger charge is 2.24. The Labute approximate surface area is 108 Å². The van der Waals surface area contributed by atoms with Gasteiger partial charge in [0.15, 0.2) is 0 Å². The normalized spacial score (nSPS) is 21.2. The molecule has 0 aromatic carbocycles. The Morgan fingerprint density at radius 1 is 1.59 bits per heavy atom. The van der Waals surface area contributed by atoms with Crippen molar-refractivity contribution in [2.24, 2.45) is 0 Å². The predicted octanol–water partition coefficient (Wildman–Crippen LogP) is 2.36. The van der Waals surface area contributed by atoms with Crippen LogP contribution in [0.15, 0.2) is 0 Å². The maximum atomic E-state index is 5.31. The molecule has 1 aliphatic carbocycles. The number of methoxy groups -OCH3 is 1. The van der Waals surface area contributed by atoms with Gasteiger partial charge in [-0.2, -0.15) is 0 Å². The monoisotopic (exact) mass is 254 g/mol. The first kappa shape index (κ1) is 13.0. The van der Waals surface area contributed by atoms with Crippen LogP contribution in [0.25, 0.3) is 0 Å². The van der Waals surface area contributed by atoms with E-state index in [-0.39, 0.29) is 6.10 Å². The molecule has 4 heteroatoms. The van der Waals surface area contributed by atoms with Gasteiger partial charge in [-0.15, -0.1) is 11.3 Å². The summed E-state index contributed by atoms with van der Waals surface area (Å²) in [5, 5.41) is 4.52. The lowest BCUT2D eigenvalue weighted by Gasteiger charge is -2.20. The van der Waals surface area contributed by atoms with Gasteiger partial charge in [0.2, 0.25) is 0 Å². The van der Waals surface area contributed by atoms with Crippen LogP contribution in [0, 0.1) is 0 Å². The molecule has 1 aromatic rings. The third-order valence-electron chi connectivity index (χ3n) is 3.43. The number of ether oxygens (including phenoxy) is 1. The summed E-state index contributed by atoms with van der Waals surface area (Å²) in [6.45, 7) is 3.15. The number of aryl methyl sites for hydroxylation is 1. The fraction of sp³-hybridized carbons (Fsp3) is 0.769. The summed E-state index contributed by atoms with van der Waals surface area (Å²) in [6, 6.07) is 0. The Kier molecular flexibility index (Phi) is 4.54. The van der Waals surface area contributed by atoms with Crippen molar-refractivity contribution in [2.45, 2.75) is 44.6 Å². The van der Waals surface area contributed by atoms with E-state index in [1.165, 1.54) is 34.8 Å². The van der Waals surface area contributed by atoms with Crippen LogP contribution in [0.5, 0.6) is 0 Å². The summed E-state index contributed by atoms with van der Waals surface area (Å²) >= 11 is 1.89. The molecule has 0 aliphatic heterocycles. The zero-order chi connectivity index (χ0) is 12.3. The molecule has 0 bridgehead atoms. The van der Waals surface area contributed by atoms with Crippen LogP contribution in [0.1, 0.15) is 41.3 Å². The fourth-order valence-electron chi connectivity index (χ4n) is 2.42. The van der Waals surface area contributed by atoms with Gasteiger partial charge < -0.3 is 10.1 Å². The van der Waals surface area contributed by atoms with Gasteiger partial charge in [-0.1, -0.05) is 0 Å². The molecular weight excluding hydrogens is 232 g/mol. The Morgan fingerprint density at radius 3 is 3.12 bits per heavy atom. The lowest BCUT2D eigenvalue weighted by atomic mass is 9.91. The number of likely N-dealkylation sites (N-methyl/N-ethyl adjacent to an activating group) is 1. The second-order valence-electron chi connectivity index (χ2n) is 4.81. The highest BCUT2D eigenvalue weighted by Crippen LogP contribution is 2.34. The van der Waals surface area contributed by atoms with Crippen molar-refractivity contribution < 1.29 is 4.74 Å². The molecule has 2 unspecified atom stereocenters. The van der Waals surface area contributed by atoms with E-state index in [0.29, 0.717) is 5.92 Å². The van der Waals surface area contributed by atoms with E-state index in [9.17, 15) is 0 Å². The molecule has 0 saturated carbocycles. The van der Waals surface area contributed by atoms with Crippen LogP contribution in [0.4, 0.5) is 0 Å². The zero-order valence-corrected chi connectivity index (χ0v) is 11.8. The van der Waals surface area contributed by atoms with E-state index < -0.39 is 0 Å². The summed E-state index contributed by atoms with van der Waals surface area (Å²) in [7, 11) is 3.79. The van der Waals surface area contributed by atoms with Crippen molar-refractivity contribution in [1.82, 2.24) is 10.3 Å². The highest BCUT2D eigenvalue weighted by molar-refractivity contribution is 7.11. The number of hydrogen-bond acceptors (Lipinski definition) is 4. The second kappa shape index (κ2) is 5.94. The van der Waals surface area contributed by atoms with E-state index in [1.807, 2.05) is 18.4 Å². The van der Waals surface area contributed by atoms with Gasteiger partial charge in [-0.3, -0.25) is 0 Å². The molecule has 0 fully saturated rings. The Bertz CT molecular complexity index is 364. The summed E-state index contributed by atoms with van der Waals surface area (Å²) in [6.07, 6.45) is 5.01. The van der Waals surface area contributed by atoms with Crippen LogP contribution in [-0.4, -0.2) is 31.8 Å². The van der Waals surface area contributed by atoms with Gasteiger partial charge in [-0.25, -0.2) is 4.98 Å². The standard InChI is InChI=1S/C13H22N2OS/c1-9(16-3)7-12-15-13-10(8-14-2)5-4-6-11(13)17-12/h9-10,14H,4-8H2,1-3H3. The summed E-state index contributed by atoms with van der Waals surface area (Å²) in [4.78, 5) is 6.35. The van der Waals surface area contributed by atoms with Crippen LogP contribution in [-0.2, 0) is 17.6 Å². The summed E-state index contributed by atoms with van der Waals surface area (Å²) in [5.41, 5.74) is 1.36. The summed E-state index contributed by atoms with van der Waals surface area (Å²) in [5.74, 6) is 0.617. The molecule has 1 N–H and O–H groups in total. The fourth-order valence-corrected chi connectivity index (χ4v) is 3.73. The molecule has 0 saturated heterocycles. The van der Waals surface area contributed by atoms with E-state index in [1.54, 1.807) is 7.11 Å². The zero-order valence-electron chi connectivity index (χ0n) is 11.0. The maximum Gasteiger partial charge on any atom is 0.0956 e. The molecular formula is C13H22N2OS. The number of nitrogens with zero attached hydrogens (tertiary/aromatic N) is 1. The van der Waals surface area contributed by atoms with Crippen molar-refractivity contribution in [2.75, 3.05) is 20.7 Å². The predicted molar refractivity (Wildman–Crippen MR) is 71.9 cm³/mol. The number of thiazole rings is 1. The molecule has 0 amide bonds. The molecule has 2 atom stereocenters. The van der Waals surface area contributed by atoms with E-state index in [0.717, 1.165) is 13.0 Å². The smallest absolute Gasteiger partial charge is 0.0956 e. The first-order valence-electron chi connectivity index (χ1n) is 6.40. The molecule has 2 rings (SSSR count). The van der Waals surface area contributed by atoms with E-state index >= 15 is 0 Å². The second-order valence-corrected chi connectivity index (χ2v) is 5.98. The lowest BCUT2D eigenvalue weighted by molar-refractivity contribution is 0.118. The Morgan fingerprint density at radius 2 is 2.41 bits per heavy atom.